The van der Waals surface area contributed by atoms with Gasteiger partial charge in [-0.15, -0.1) is 0 Å². The number of aryl methyl sites for hydroxylation is 2. The number of ether oxygens (including phenoxy) is 1. The molecule has 0 aliphatic carbocycles. The first kappa shape index (κ1) is 15.5. The zero-order chi connectivity index (χ0) is 16.3. The molecule has 7 heteroatoms. The summed E-state index contributed by atoms with van der Waals surface area (Å²) in [6.07, 6.45) is 1.54. The van der Waals surface area contributed by atoms with E-state index in [1.165, 1.54) is 11.1 Å². The van der Waals surface area contributed by atoms with Crippen molar-refractivity contribution >= 4 is 11.7 Å². The Morgan fingerprint density at radius 1 is 1.50 bits per heavy atom. The maximum Gasteiger partial charge on any atom is 0.265 e. The van der Waals surface area contributed by atoms with Crippen molar-refractivity contribution in [1.82, 2.24) is 14.8 Å². The zero-order valence-corrected chi connectivity index (χ0v) is 13.0. The van der Waals surface area contributed by atoms with E-state index in [-0.39, 0.29) is 12.5 Å². The highest BCUT2D eigenvalue weighted by molar-refractivity contribution is 5.94. The largest absolute Gasteiger partial charge is 0.480 e. The Morgan fingerprint density at radius 3 is 2.82 bits per heavy atom. The number of carbonyl (C=O) groups is 1. The van der Waals surface area contributed by atoms with Crippen molar-refractivity contribution in [3.05, 3.63) is 35.3 Å². The lowest BCUT2D eigenvalue weighted by Crippen LogP contribution is -2.32. The summed E-state index contributed by atoms with van der Waals surface area (Å²) < 4.78 is 7.28. The molecule has 0 saturated heterocycles. The molecule has 7 nitrogen and oxygen atoms in total. The van der Waals surface area contributed by atoms with Crippen LogP contribution in [0, 0.1) is 25.2 Å². The van der Waals surface area contributed by atoms with Crippen LogP contribution in [-0.4, -0.2) is 34.3 Å². The fourth-order valence-corrected chi connectivity index (χ4v) is 2.06. The number of hydrogen-bond donors (Lipinski definition) is 0. The molecule has 0 radical (unpaired) electrons. The van der Waals surface area contributed by atoms with Gasteiger partial charge in [-0.05, 0) is 26.0 Å². The van der Waals surface area contributed by atoms with Crippen LogP contribution in [-0.2, 0) is 11.8 Å². The van der Waals surface area contributed by atoms with Gasteiger partial charge in [-0.25, -0.2) is 4.98 Å². The van der Waals surface area contributed by atoms with Gasteiger partial charge in [-0.3, -0.25) is 14.4 Å². The molecule has 0 aliphatic rings. The Labute approximate surface area is 128 Å². The summed E-state index contributed by atoms with van der Waals surface area (Å²) in [5.74, 6) is 0.627. The summed E-state index contributed by atoms with van der Waals surface area (Å²) >= 11 is 0. The molecule has 0 unspecified atom stereocenters. The van der Waals surface area contributed by atoms with Crippen molar-refractivity contribution in [3.8, 4) is 11.8 Å². The van der Waals surface area contributed by atoms with Gasteiger partial charge in [0, 0.05) is 20.3 Å². The summed E-state index contributed by atoms with van der Waals surface area (Å²) in [5.41, 5.74) is 1.92. The molecule has 2 aromatic rings. The van der Waals surface area contributed by atoms with Crippen molar-refractivity contribution in [1.29, 1.82) is 5.26 Å². The summed E-state index contributed by atoms with van der Waals surface area (Å²) in [4.78, 5) is 17.6. The molecule has 2 heterocycles. The third kappa shape index (κ3) is 2.91. The first-order valence-corrected chi connectivity index (χ1v) is 6.70. The van der Waals surface area contributed by atoms with Crippen LogP contribution in [0.4, 0.5) is 5.82 Å². The summed E-state index contributed by atoms with van der Waals surface area (Å²) in [6.45, 7) is 3.55. The molecule has 0 aromatic carbocycles. The molecule has 22 heavy (non-hydrogen) atoms. The molecule has 0 saturated carbocycles. The van der Waals surface area contributed by atoms with Crippen LogP contribution in [0.1, 0.15) is 17.0 Å². The number of nitriles is 1. The second-order valence-electron chi connectivity index (χ2n) is 4.85. The van der Waals surface area contributed by atoms with Gasteiger partial charge >= 0.3 is 0 Å². The van der Waals surface area contributed by atoms with Gasteiger partial charge in [0.05, 0.1) is 11.3 Å². The Balaban J connectivity index is 2.11. The molecule has 1 amide bonds. The number of likely N-dealkylation sites (N-methyl/N-ethyl adjacent to an activating group) is 1. The van der Waals surface area contributed by atoms with E-state index < -0.39 is 0 Å². The number of anilines is 1. The summed E-state index contributed by atoms with van der Waals surface area (Å²) in [7, 11) is 3.38. The Hall–Kier alpha value is -2.88. The number of hydrogen-bond acceptors (Lipinski definition) is 5. The molecule has 0 aliphatic heterocycles. The number of rotatable bonds is 4. The third-order valence-corrected chi connectivity index (χ3v) is 3.38. The minimum Gasteiger partial charge on any atom is -0.480 e. The smallest absolute Gasteiger partial charge is 0.265 e. The highest BCUT2D eigenvalue weighted by Crippen LogP contribution is 2.21. The predicted octanol–water partition coefficient (Wildman–Crippen LogP) is 1.35. The highest BCUT2D eigenvalue weighted by atomic mass is 16.5. The maximum absolute atomic E-state index is 12.2. The van der Waals surface area contributed by atoms with Crippen molar-refractivity contribution in [2.75, 3.05) is 18.6 Å². The first-order chi connectivity index (χ1) is 10.5. The number of nitrogens with zero attached hydrogens (tertiary/aromatic N) is 5. The molecule has 2 rings (SSSR count). The second kappa shape index (κ2) is 6.26. The highest BCUT2D eigenvalue weighted by Gasteiger charge is 2.18. The van der Waals surface area contributed by atoms with Gasteiger partial charge in [-0.2, -0.15) is 10.4 Å². The minimum absolute atomic E-state index is 0.148. The number of pyridine rings is 1. The van der Waals surface area contributed by atoms with Gasteiger partial charge in [0.2, 0.25) is 0 Å². The van der Waals surface area contributed by atoms with Crippen molar-refractivity contribution in [2.24, 2.45) is 7.05 Å². The van der Waals surface area contributed by atoms with E-state index in [0.717, 1.165) is 11.4 Å². The zero-order valence-electron chi connectivity index (χ0n) is 13.0. The molecule has 0 atom stereocenters. The van der Waals surface area contributed by atoms with Crippen molar-refractivity contribution in [3.63, 3.8) is 0 Å². The molecule has 0 bridgehead atoms. The van der Waals surface area contributed by atoms with Crippen LogP contribution in [0.2, 0.25) is 0 Å². The molecular formula is C15H17N5O2. The molecule has 114 valence electrons. The normalized spacial score (nSPS) is 10.1. The van der Waals surface area contributed by atoms with Gasteiger partial charge in [0.1, 0.15) is 11.8 Å². The number of carbonyl (C=O) groups excluding carboxylic acids is 1. The van der Waals surface area contributed by atoms with E-state index in [2.05, 4.69) is 10.1 Å². The van der Waals surface area contributed by atoms with Crippen LogP contribution in [0.3, 0.4) is 0 Å². The average molecular weight is 299 g/mol. The van der Waals surface area contributed by atoms with E-state index in [0.29, 0.717) is 17.1 Å². The van der Waals surface area contributed by atoms with Crippen molar-refractivity contribution < 1.29 is 9.53 Å². The lowest BCUT2D eigenvalue weighted by molar-refractivity contribution is -0.120. The standard InChI is InChI=1S/C15H17N5O2/c1-10-14(11(2)20(4)18-10)22-9-13(21)19(3)15-12(8-16)6-5-7-17-15/h5-7H,9H2,1-4H3. The van der Waals surface area contributed by atoms with Crippen LogP contribution < -0.4 is 9.64 Å². The van der Waals surface area contributed by atoms with Gasteiger partial charge in [-0.1, -0.05) is 0 Å². The number of amides is 1. The Kier molecular flexibility index (Phi) is 4.41. The van der Waals surface area contributed by atoms with E-state index in [4.69, 9.17) is 10.00 Å². The summed E-state index contributed by atoms with van der Waals surface area (Å²) in [6, 6.07) is 5.28. The minimum atomic E-state index is -0.294. The van der Waals surface area contributed by atoms with Gasteiger partial charge < -0.3 is 4.74 Å². The van der Waals surface area contributed by atoms with E-state index in [9.17, 15) is 4.79 Å². The fraction of sp³-hybridized carbons (Fsp3) is 0.333. The molecule has 0 fully saturated rings. The second-order valence-corrected chi connectivity index (χ2v) is 4.85. The van der Waals surface area contributed by atoms with Gasteiger partial charge in [0.25, 0.3) is 5.91 Å². The van der Waals surface area contributed by atoms with Crippen LogP contribution in [0.15, 0.2) is 18.3 Å². The lowest BCUT2D eigenvalue weighted by atomic mass is 10.2. The first-order valence-electron chi connectivity index (χ1n) is 6.70. The SMILES string of the molecule is Cc1nn(C)c(C)c1OCC(=O)N(C)c1ncccc1C#N. The Morgan fingerprint density at radius 2 is 2.23 bits per heavy atom. The van der Waals surface area contributed by atoms with Crippen LogP contribution in [0.25, 0.3) is 0 Å². The number of aromatic nitrogens is 3. The molecule has 0 spiro atoms. The van der Waals surface area contributed by atoms with E-state index in [1.807, 2.05) is 27.0 Å². The topological polar surface area (TPSA) is 84.0 Å². The molecule has 0 N–H and O–H groups in total. The lowest BCUT2D eigenvalue weighted by Gasteiger charge is -2.17. The quantitative estimate of drug-likeness (QED) is 0.850. The van der Waals surface area contributed by atoms with E-state index >= 15 is 0 Å². The molecule has 2 aromatic heterocycles. The predicted molar refractivity (Wildman–Crippen MR) is 80.5 cm³/mol. The monoisotopic (exact) mass is 299 g/mol. The van der Waals surface area contributed by atoms with Gasteiger partial charge in [0.15, 0.2) is 18.2 Å². The fourth-order valence-electron chi connectivity index (χ4n) is 2.06. The van der Waals surface area contributed by atoms with Crippen LogP contribution in [0.5, 0.6) is 5.75 Å². The Bertz CT molecular complexity index is 745. The van der Waals surface area contributed by atoms with E-state index in [1.54, 1.807) is 23.9 Å². The van der Waals surface area contributed by atoms with Crippen molar-refractivity contribution in [2.45, 2.75) is 13.8 Å². The summed E-state index contributed by atoms with van der Waals surface area (Å²) in [5, 5.41) is 13.3. The average Bonchev–Trinajstić information content (AvgIpc) is 2.77. The van der Waals surface area contributed by atoms with Crippen LogP contribution >= 0.6 is 0 Å². The maximum atomic E-state index is 12.2. The molecular weight excluding hydrogens is 282 g/mol. The third-order valence-electron chi connectivity index (χ3n) is 3.38.